The fraction of sp³-hybridized carbons (Fsp3) is 0.263. The molecule has 1 saturated heterocycles. The minimum absolute atomic E-state index is 0.0892. The van der Waals surface area contributed by atoms with Crippen LogP contribution in [-0.2, 0) is 0 Å². The zero-order valence-corrected chi connectivity index (χ0v) is 15.6. The van der Waals surface area contributed by atoms with Crippen LogP contribution in [0.3, 0.4) is 0 Å². The van der Waals surface area contributed by atoms with Gasteiger partial charge in [-0.05, 0) is 47.0 Å². The summed E-state index contributed by atoms with van der Waals surface area (Å²) in [4.78, 5) is 14.3. The van der Waals surface area contributed by atoms with E-state index in [-0.39, 0.29) is 17.8 Å². The average Bonchev–Trinajstić information content (AvgIpc) is 3.01. The molecule has 0 spiro atoms. The van der Waals surface area contributed by atoms with Crippen molar-refractivity contribution >= 4 is 38.6 Å². The molecule has 1 fully saturated rings. The van der Waals surface area contributed by atoms with Crippen LogP contribution in [0, 0.1) is 5.82 Å². The topological polar surface area (TPSA) is 50.2 Å². The van der Waals surface area contributed by atoms with Crippen LogP contribution in [0.15, 0.2) is 53.1 Å². The van der Waals surface area contributed by atoms with E-state index in [4.69, 9.17) is 0 Å². The molecule has 4 rings (SSSR count). The summed E-state index contributed by atoms with van der Waals surface area (Å²) in [5.74, 6) is -0.434. The smallest absolute Gasteiger partial charge is 0.321 e. The lowest BCUT2D eigenvalue weighted by atomic mass is 10.1. The van der Waals surface area contributed by atoms with Gasteiger partial charge in [-0.25, -0.2) is 9.18 Å². The molecule has 7 heteroatoms. The van der Waals surface area contributed by atoms with Crippen molar-refractivity contribution in [2.75, 3.05) is 18.4 Å². The molecule has 0 radical (unpaired) electrons. The van der Waals surface area contributed by atoms with Crippen molar-refractivity contribution in [3.8, 4) is 0 Å². The number of fused-ring (bicyclic) bond motifs is 1. The molecule has 0 unspecified atom stereocenters. The Morgan fingerprint density at radius 3 is 2.81 bits per heavy atom. The second kappa shape index (κ2) is 7.07. The SMILES string of the molecule is O=C(Nc1ccccc1F)N1CCC[C@@H](n2nc(Br)c3ccccc32)C1. The molecule has 2 heterocycles. The van der Waals surface area contributed by atoms with Crippen LogP contribution in [0.4, 0.5) is 14.9 Å². The monoisotopic (exact) mass is 416 g/mol. The quantitative estimate of drug-likeness (QED) is 0.651. The zero-order chi connectivity index (χ0) is 18.1. The van der Waals surface area contributed by atoms with Gasteiger partial charge in [-0.2, -0.15) is 5.10 Å². The lowest BCUT2D eigenvalue weighted by Crippen LogP contribution is -2.43. The number of aromatic nitrogens is 2. The fourth-order valence-corrected chi connectivity index (χ4v) is 3.93. The number of urea groups is 1. The van der Waals surface area contributed by atoms with Crippen molar-refractivity contribution in [1.29, 1.82) is 0 Å². The second-order valence-corrected chi connectivity index (χ2v) is 7.16. The first-order chi connectivity index (χ1) is 12.6. The number of carbonyl (C=O) groups is 1. The fourth-order valence-electron chi connectivity index (χ4n) is 3.42. The number of carbonyl (C=O) groups excluding carboxylic acids is 1. The summed E-state index contributed by atoms with van der Waals surface area (Å²) in [5, 5.41) is 8.34. The van der Waals surface area contributed by atoms with Gasteiger partial charge >= 0.3 is 6.03 Å². The number of benzene rings is 2. The molecule has 0 bridgehead atoms. The van der Waals surface area contributed by atoms with Crippen LogP contribution in [-0.4, -0.2) is 33.8 Å². The highest BCUT2D eigenvalue weighted by molar-refractivity contribution is 9.10. The molecule has 0 aliphatic carbocycles. The van der Waals surface area contributed by atoms with Crippen LogP contribution < -0.4 is 5.32 Å². The van der Waals surface area contributed by atoms with E-state index in [1.165, 1.54) is 6.07 Å². The number of piperidine rings is 1. The van der Waals surface area contributed by atoms with Gasteiger partial charge in [-0.3, -0.25) is 4.68 Å². The molecule has 1 aromatic heterocycles. The van der Waals surface area contributed by atoms with E-state index in [0.29, 0.717) is 13.1 Å². The highest BCUT2D eigenvalue weighted by Crippen LogP contribution is 2.30. The Balaban J connectivity index is 1.54. The number of para-hydroxylation sites is 2. The molecule has 134 valence electrons. The number of anilines is 1. The summed E-state index contributed by atoms with van der Waals surface area (Å²) in [6, 6.07) is 14.0. The van der Waals surface area contributed by atoms with Crippen LogP contribution in [0.5, 0.6) is 0 Å². The number of nitrogens with one attached hydrogen (secondary N) is 1. The number of hydrogen-bond acceptors (Lipinski definition) is 2. The van der Waals surface area contributed by atoms with Crippen molar-refractivity contribution in [1.82, 2.24) is 14.7 Å². The molecule has 2 amide bonds. The van der Waals surface area contributed by atoms with E-state index in [9.17, 15) is 9.18 Å². The van der Waals surface area contributed by atoms with Crippen molar-refractivity contribution in [2.45, 2.75) is 18.9 Å². The second-order valence-electron chi connectivity index (χ2n) is 6.40. The van der Waals surface area contributed by atoms with Crippen LogP contribution in [0.2, 0.25) is 0 Å². The van der Waals surface area contributed by atoms with E-state index in [0.717, 1.165) is 28.3 Å². The number of hydrogen-bond donors (Lipinski definition) is 1. The van der Waals surface area contributed by atoms with Gasteiger partial charge in [0.1, 0.15) is 10.4 Å². The van der Waals surface area contributed by atoms with Gasteiger partial charge in [0.25, 0.3) is 0 Å². The number of amides is 2. The van der Waals surface area contributed by atoms with Crippen molar-refractivity contribution in [3.05, 3.63) is 59.0 Å². The molecule has 1 N–H and O–H groups in total. The number of rotatable bonds is 2. The Morgan fingerprint density at radius 1 is 1.19 bits per heavy atom. The van der Waals surface area contributed by atoms with Crippen molar-refractivity contribution in [2.24, 2.45) is 0 Å². The Kier molecular flexibility index (Phi) is 4.63. The van der Waals surface area contributed by atoms with E-state index < -0.39 is 5.82 Å². The molecule has 1 atom stereocenters. The zero-order valence-electron chi connectivity index (χ0n) is 14.0. The van der Waals surface area contributed by atoms with Gasteiger partial charge in [0.05, 0.1) is 17.2 Å². The van der Waals surface area contributed by atoms with E-state index in [1.54, 1.807) is 23.1 Å². The predicted molar refractivity (Wildman–Crippen MR) is 103 cm³/mol. The molecule has 0 saturated carbocycles. The minimum Gasteiger partial charge on any atom is -0.322 e. The maximum atomic E-state index is 13.8. The van der Waals surface area contributed by atoms with Crippen molar-refractivity contribution in [3.63, 3.8) is 0 Å². The molecular weight excluding hydrogens is 399 g/mol. The summed E-state index contributed by atoms with van der Waals surface area (Å²) in [6.07, 6.45) is 1.82. The lowest BCUT2D eigenvalue weighted by molar-refractivity contribution is 0.176. The first-order valence-corrected chi connectivity index (χ1v) is 9.36. The van der Waals surface area contributed by atoms with Gasteiger partial charge < -0.3 is 10.2 Å². The normalized spacial score (nSPS) is 17.5. The highest BCUT2D eigenvalue weighted by Gasteiger charge is 2.27. The molecule has 1 aliphatic heterocycles. The van der Waals surface area contributed by atoms with E-state index >= 15 is 0 Å². The Morgan fingerprint density at radius 2 is 1.96 bits per heavy atom. The van der Waals surface area contributed by atoms with Gasteiger partial charge in [-0.15, -0.1) is 0 Å². The Bertz CT molecular complexity index is 958. The summed E-state index contributed by atoms with van der Waals surface area (Å²) in [5.41, 5.74) is 1.24. The Hall–Kier alpha value is -2.41. The highest BCUT2D eigenvalue weighted by atomic mass is 79.9. The Labute approximate surface area is 158 Å². The average molecular weight is 417 g/mol. The van der Waals surface area contributed by atoms with Gasteiger partial charge in [-0.1, -0.05) is 30.3 Å². The van der Waals surface area contributed by atoms with Crippen LogP contribution in [0.1, 0.15) is 18.9 Å². The van der Waals surface area contributed by atoms with Crippen molar-refractivity contribution < 1.29 is 9.18 Å². The number of halogens is 2. The third-order valence-electron chi connectivity index (χ3n) is 4.71. The van der Waals surface area contributed by atoms with Crippen LogP contribution in [0.25, 0.3) is 10.9 Å². The number of nitrogens with zero attached hydrogens (tertiary/aromatic N) is 3. The summed E-state index contributed by atoms with van der Waals surface area (Å²) in [7, 11) is 0. The molecule has 3 aromatic rings. The molecular formula is C19H18BrFN4O. The standard InChI is InChI=1S/C19H18BrFN4O/c20-18-14-7-1-4-10-17(14)25(23-18)13-6-5-11-24(12-13)19(26)22-16-9-3-2-8-15(16)21/h1-4,7-10,13H,5-6,11-12H2,(H,22,26)/t13-/m1/s1. The summed E-state index contributed by atoms with van der Waals surface area (Å²) < 4.78 is 16.6. The first-order valence-electron chi connectivity index (χ1n) is 8.56. The van der Waals surface area contributed by atoms with Gasteiger partial charge in [0.15, 0.2) is 0 Å². The van der Waals surface area contributed by atoms with E-state index in [1.807, 2.05) is 28.9 Å². The van der Waals surface area contributed by atoms with Gasteiger partial charge in [0, 0.05) is 18.5 Å². The maximum Gasteiger partial charge on any atom is 0.321 e. The summed E-state index contributed by atoms with van der Waals surface area (Å²) >= 11 is 3.51. The molecule has 2 aromatic carbocycles. The van der Waals surface area contributed by atoms with Crippen LogP contribution >= 0.6 is 15.9 Å². The third-order valence-corrected chi connectivity index (χ3v) is 5.30. The summed E-state index contributed by atoms with van der Waals surface area (Å²) in [6.45, 7) is 1.19. The lowest BCUT2D eigenvalue weighted by Gasteiger charge is -2.33. The minimum atomic E-state index is -0.434. The maximum absolute atomic E-state index is 13.8. The number of likely N-dealkylation sites (tertiary alicyclic amines) is 1. The largest absolute Gasteiger partial charge is 0.322 e. The van der Waals surface area contributed by atoms with Gasteiger partial charge in [0.2, 0.25) is 0 Å². The third kappa shape index (κ3) is 3.19. The molecule has 5 nitrogen and oxygen atoms in total. The van der Waals surface area contributed by atoms with E-state index in [2.05, 4.69) is 26.3 Å². The predicted octanol–water partition coefficient (Wildman–Crippen LogP) is 4.81. The first kappa shape index (κ1) is 17.0. The molecule has 26 heavy (non-hydrogen) atoms. The molecule has 1 aliphatic rings.